The number of hydrogen-bond donors (Lipinski definition) is 0. The molecule has 1 aromatic heterocycles. The lowest BCUT2D eigenvalue weighted by Crippen LogP contribution is -2.64. The molecule has 0 bridgehead atoms. The van der Waals surface area contributed by atoms with E-state index in [4.69, 9.17) is 13.3 Å². The fraction of sp³-hybridized carbons (Fsp3) is 0.750. The van der Waals surface area contributed by atoms with E-state index in [0.717, 1.165) is 4.13 Å². The average molecular weight is 621 g/mol. The summed E-state index contributed by atoms with van der Waals surface area (Å²) in [5.74, 6) is 0. The van der Waals surface area contributed by atoms with Crippen LogP contribution >= 0.6 is 0 Å². The molecule has 0 unspecified atom stereocenters. The minimum atomic E-state index is -6.72. The van der Waals surface area contributed by atoms with Crippen LogP contribution in [0.5, 0.6) is 0 Å². The third-order valence-electron chi connectivity index (χ3n) is 3.32. The number of aromatic nitrogens is 1. The van der Waals surface area contributed by atoms with Crippen LogP contribution in [0.25, 0.3) is 4.13 Å². The van der Waals surface area contributed by atoms with E-state index in [1.807, 2.05) is 92.9 Å². The van der Waals surface area contributed by atoms with E-state index in [-0.39, 0.29) is 16.8 Å². The van der Waals surface area contributed by atoms with Gasteiger partial charge in [-0.15, -0.1) is 0 Å². The van der Waals surface area contributed by atoms with Gasteiger partial charge in [0.05, 0.1) is 16.8 Å². The molecule has 0 saturated heterocycles. The Hall–Kier alpha value is -1.31. The van der Waals surface area contributed by atoms with Crippen molar-refractivity contribution in [3.63, 3.8) is 0 Å². The number of nitrogens with zero attached hydrogens (tertiary/aromatic N) is 2. The Morgan fingerprint density at radius 1 is 0.632 bits per heavy atom. The normalized spacial score (nSPS) is 14.6. The summed E-state index contributed by atoms with van der Waals surface area (Å²) in [6.07, 6.45) is 4.62. The number of hydrogen-bond acceptors (Lipinski definition) is 7. The standard InChI is InChI=1S/C18H34NO3Si.C2F6NO4S2/c1-16(2,3)20-23(21-17(4,5)6,22-18(7,8)9)15-19-13-11-10-12-14-19;3-1(4,5)14(10,11)9-15(12,13)2(6,7)8/h10-14H,15H2,1-9H3;/q+1;-1. The maximum absolute atomic E-state index is 11.4. The number of sulfonamides is 2. The molecular weight excluding hydrogens is 586 g/mol. The van der Waals surface area contributed by atoms with E-state index in [1.165, 1.54) is 0 Å². The molecule has 0 amide bonds. The van der Waals surface area contributed by atoms with Crippen LogP contribution < -0.4 is 4.57 Å². The summed E-state index contributed by atoms with van der Waals surface area (Å²) in [5, 5.41) is 0. The van der Waals surface area contributed by atoms with Crippen molar-refractivity contribution in [2.45, 2.75) is 96.3 Å². The molecule has 0 fully saturated rings. The summed E-state index contributed by atoms with van der Waals surface area (Å²) in [6, 6.07) is 6.01. The fourth-order valence-electron chi connectivity index (χ4n) is 2.54. The van der Waals surface area contributed by atoms with Gasteiger partial charge >= 0.3 is 19.8 Å². The molecule has 18 heteroatoms. The largest absolute Gasteiger partial charge is 0.571 e. The Balaban J connectivity index is 0.000000793. The molecule has 9 nitrogen and oxygen atoms in total. The third kappa shape index (κ3) is 13.7. The predicted octanol–water partition coefficient (Wildman–Crippen LogP) is 4.96. The van der Waals surface area contributed by atoms with Crippen LogP contribution in [-0.4, -0.2) is 53.5 Å². The Labute approximate surface area is 220 Å². The first-order valence-corrected chi connectivity index (χ1v) is 15.6. The minimum Gasteiger partial charge on any atom is -0.421 e. The molecule has 224 valence electrons. The molecule has 0 aromatic carbocycles. The second-order valence-electron chi connectivity index (χ2n) is 10.8. The van der Waals surface area contributed by atoms with Gasteiger partial charge in [-0.05, 0) is 62.3 Å². The molecule has 0 N–H and O–H groups in total. The van der Waals surface area contributed by atoms with Gasteiger partial charge in [0.2, 0.25) is 6.17 Å². The minimum absolute atomic E-state index is 0.349. The van der Waals surface area contributed by atoms with Gasteiger partial charge in [0.15, 0.2) is 32.4 Å². The van der Waals surface area contributed by atoms with Crippen molar-refractivity contribution in [1.82, 2.24) is 0 Å². The zero-order valence-electron chi connectivity index (χ0n) is 22.4. The van der Waals surface area contributed by atoms with E-state index in [2.05, 4.69) is 4.57 Å². The summed E-state index contributed by atoms with van der Waals surface area (Å²) in [6.45, 7) is 18.4. The number of pyridine rings is 1. The highest BCUT2D eigenvalue weighted by atomic mass is 32.3. The summed E-state index contributed by atoms with van der Waals surface area (Å²) in [4.78, 5) is 0. The van der Waals surface area contributed by atoms with Gasteiger partial charge < -0.3 is 17.4 Å². The molecule has 0 aliphatic rings. The van der Waals surface area contributed by atoms with Crippen molar-refractivity contribution < 1.29 is 61.0 Å². The summed E-state index contributed by atoms with van der Waals surface area (Å²) in [5.41, 5.74) is -13.5. The topological polar surface area (TPSA) is 114 Å². The first-order valence-electron chi connectivity index (χ1n) is 10.8. The summed E-state index contributed by atoms with van der Waals surface area (Å²) >= 11 is 0. The van der Waals surface area contributed by atoms with Crippen LogP contribution in [0.3, 0.4) is 0 Å². The molecule has 1 heterocycles. The molecule has 0 atom stereocenters. The molecule has 0 saturated carbocycles. The van der Waals surface area contributed by atoms with Gasteiger partial charge in [-0.25, -0.2) is 21.4 Å². The van der Waals surface area contributed by atoms with Gasteiger partial charge in [-0.1, -0.05) is 6.07 Å². The lowest BCUT2D eigenvalue weighted by Gasteiger charge is -2.41. The zero-order valence-corrected chi connectivity index (χ0v) is 25.1. The van der Waals surface area contributed by atoms with E-state index >= 15 is 0 Å². The Bertz CT molecular complexity index is 1030. The monoisotopic (exact) mass is 620 g/mol. The van der Waals surface area contributed by atoms with Gasteiger partial charge in [0, 0.05) is 12.1 Å². The molecule has 0 aliphatic heterocycles. The molecule has 0 spiro atoms. The summed E-state index contributed by atoms with van der Waals surface area (Å²) in [7, 11) is -16.4. The van der Waals surface area contributed by atoms with Crippen molar-refractivity contribution in [1.29, 1.82) is 0 Å². The average Bonchev–Trinajstić information content (AvgIpc) is 2.55. The van der Waals surface area contributed by atoms with E-state index < -0.39 is 39.9 Å². The predicted molar refractivity (Wildman–Crippen MR) is 128 cm³/mol. The lowest BCUT2D eigenvalue weighted by molar-refractivity contribution is -0.686. The molecule has 0 radical (unpaired) electrons. The van der Waals surface area contributed by atoms with Crippen molar-refractivity contribution in [2.75, 3.05) is 0 Å². The zero-order chi connectivity index (χ0) is 30.6. The number of rotatable bonds is 7. The number of alkyl halides is 6. The Morgan fingerprint density at radius 2 is 0.921 bits per heavy atom. The van der Waals surface area contributed by atoms with Crippen LogP contribution in [0.15, 0.2) is 30.6 Å². The van der Waals surface area contributed by atoms with Gasteiger partial charge in [0.25, 0.3) is 0 Å². The quantitative estimate of drug-likeness (QED) is 0.241. The Morgan fingerprint density at radius 3 is 1.16 bits per heavy atom. The molecule has 38 heavy (non-hydrogen) atoms. The van der Waals surface area contributed by atoms with E-state index in [9.17, 15) is 43.2 Å². The summed E-state index contributed by atoms with van der Waals surface area (Å²) < 4.78 is 131. The molecule has 0 aliphatic carbocycles. The van der Waals surface area contributed by atoms with Crippen molar-refractivity contribution in [3.8, 4) is 0 Å². The van der Waals surface area contributed by atoms with Gasteiger partial charge in [-0.3, -0.25) is 0 Å². The van der Waals surface area contributed by atoms with Crippen LogP contribution in [0.1, 0.15) is 62.3 Å². The second-order valence-corrected chi connectivity index (χ2v) is 16.5. The van der Waals surface area contributed by atoms with Gasteiger partial charge in [-0.2, -0.15) is 26.3 Å². The first kappa shape index (κ1) is 36.7. The number of halogens is 6. The molecular formula is C20H34F6N2O7S2Si. The highest BCUT2D eigenvalue weighted by Crippen LogP contribution is 2.36. The fourth-order valence-corrected chi connectivity index (χ4v) is 8.02. The van der Waals surface area contributed by atoms with Gasteiger partial charge in [0.1, 0.15) is 0 Å². The van der Waals surface area contributed by atoms with E-state index in [0.29, 0.717) is 6.17 Å². The third-order valence-corrected chi connectivity index (χ3v) is 9.58. The van der Waals surface area contributed by atoms with Crippen molar-refractivity contribution >= 4 is 28.9 Å². The van der Waals surface area contributed by atoms with Crippen LogP contribution in [0.4, 0.5) is 26.3 Å². The highest BCUT2D eigenvalue weighted by molar-refractivity contribution is 8.13. The lowest BCUT2D eigenvalue weighted by atomic mass is 10.2. The second kappa shape index (κ2) is 12.1. The van der Waals surface area contributed by atoms with Crippen molar-refractivity contribution in [2.24, 2.45) is 0 Å². The SMILES string of the molecule is CC(C)(C)O[Si](C[n+]1ccccc1)(OC(C)(C)C)OC(C)(C)C.O=S(=O)([N-]S(=O)(=O)C(F)(F)F)C(F)(F)F. The first-order chi connectivity index (χ1) is 16.4. The highest BCUT2D eigenvalue weighted by Gasteiger charge is 2.54. The molecule has 1 rings (SSSR count). The smallest absolute Gasteiger partial charge is 0.421 e. The molecule has 1 aromatic rings. The van der Waals surface area contributed by atoms with Crippen LogP contribution in [0, 0.1) is 0 Å². The van der Waals surface area contributed by atoms with E-state index in [1.54, 1.807) is 0 Å². The maximum Gasteiger partial charge on any atom is 0.571 e. The Kier molecular flexibility index (Phi) is 11.6. The van der Waals surface area contributed by atoms with Crippen LogP contribution in [0.2, 0.25) is 0 Å². The van der Waals surface area contributed by atoms with Crippen molar-refractivity contribution in [3.05, 3.63) is 34.7 Å². The van der Waals surface area contributed by atoms with Crippen LogP contribution in [-0.2, 0) is 39.5 Å². The maximum atomic E-state index is 11.4.